The first-order valence-electron chi connectivity index (χ1n) is 19.3. The fourth-order valence-corrected chi connectivity index (χ4v) is 7.53. The minimum atomic E-state index is -3.13. The molecule has 5 heteroatoms. The van der Waals surface area contributed by atoms with Crippen LogP contribution in [0.15, 0.2) is 0 Å². The van der Waals surface area contributed by atoms with Gasteiger partial charge in [0.2, 0.25) is 0 Å². The van der Waals surface area contributed by atoms with E-state index in [-0.39, 0.29) is 0 Å². The average Bonchev–Trinajstić information content (AvgIpc) is 3.00. The topological polar surface area (TPSA) is 36.9 Å². The summed E-state index contributed by atoms with van der Waals surface area (Å²) in [5, 5.41) is 0. The van der Waals surface area contributed by atoms with Crippen molar-refractivity contribution in [3.63, 3.8) is 0 Å². The summed E-state index contributed by atoms with van der Waals surface area (Å²) in [5.74, 6) is 0. The Morgan fingerprint density at radius 3 is 0.595 bits per heavy atom. The maximum absolute atomic E-state index is 6.53. The lowest BCUT2D eigenvalue weighted by Gasteiger charge is -2.28. The van der Waals surface area contributed by atoms with Crippen LogP contribution in [-0.4, -0.2) is 35.5 Å². The van der Waals surface area contributed by atoms with Gasteiger partial charge < -0.3 is 17.7 Å². The molecule has 0 spiro atoms. The van der Waals surface area contributed by atoms with Gasteiger partial charge >= 0.3 is 9.05 Å². The van der Waals surface area contributed by atoms with Gasteiger partial charge in [-0.25, -0.2) is 0 Å². The van der Waals surface area contributed by atoms with E-state index in [0.717, 1.165) is 25.7 Å². The van der Waals surface area contributed by atoms with Crippen LogP contribution < -0.4 is 0 Å². The Hall–Kier alpha value is 0.0569. The van der Waals surface area contributed by atoms with Crippen molar-refractivity contribution in [3.05, 3.63) is 0 Å². The Bertz CT molecular complexity index is 440. The third-order valence-electron chi connectivity index (χ3n) is 8.36. The molecule has 0 rings (SSSR count). The minimum Gasteiger partial charge on any atom is -0.351 e. The van der Waals surface area contributed by atoms with Gasteiger partial charge in [0, 0.05) is 26.4 Å². The minimum absolute atomic E-state index is 0.700. The van der Waals surface area contributed by atoms with Gasteiger partial charge in [0.05, 0.1) is 0 Å². The highest BCUT2D eigenvalue weighted by Crippen LogP contribution is 2.19. The van der Waals surface area contributed by atoms with Crippen molar-refractivity contribution in [1.82, 2.24) is 0 Å². The molecule has 0 N–H and O–H groups in total. The van der Waals surface area contributed by atoms with E-state index in [1.807, 2.05) is 0 Å². The van der Waals surface area contributed by atoms with Gasteiger partial charge in [-0.2, -0.15) is 0 Å². The molecule has 0 heterocycles. The molecule has 0 aromatic carbocycles. The third kappa shape index (κ3) is 30.1. The van der Waals surface area contributed by atoms with E-state index in [1.165, 1.54) is 161 Å². The zero-order valence-corrected chi connectivity index (χ0v) is 30.5. The van der Waals surface area contributed by atoms with E-state index in [9.17, 15) is 0 Å². The molecule has 0 saturated carbocycles. The molecule has 0 aliphatic carbocycles. The van der Waals surface area contributed by atoms with Crippen LogP contribution in [0.2, 0.25) is 0 Å². The molecule has 254 valence electrons. The van der Waals surface area contributed by atoms with Crippen LogP contribution in [0.3, 0.4) is 0 Å². The highest BCUT2D eigenvalue weighted by molar-refractivity contribution is 6.53. The van der Waals surface area contributed by atoms with Crippen molar-refractivity contribution < 1.29 is 17.7 Å². The Morgan fingerprint density at radius 2 is 0.405 bits per heavy atom. The summed E-state index contributed by atoms with van der Waals surface area (Å²) in [6.07, 6.45) is 37.3. The quantitative estimate of drug-likeness (QED) is 0.0515. The van der Waals surface area contributed by atoms with Gasteiger partial charge in [-0.05, 0) is 25.7 Å². The van der Waals surface area contributed by atoms with Crippen LogP contribution in [0.5, 0.6) is 0 Å². The zero-order valence-electron chi connectivity index (χ0n) is 29.5. The Balaban J connectivity index is 4.82. The van der Waals surface area contributed by atoms with E-state index in [4.69, 9.17) is 17.7 Å². The summed E-state index contributed by atoms with van der Waals surface area (Å²) in [6.45, 7) is 11.9. The van der Waals surface area contributed by atoms with Crippen molar-refractivity contribution in [2.75, 3.05) is 26.4 Å². The van der Waals surface area contributed by atoms with Crippen molar-refractivity contribution >= 4 is 9.05 Å². The van der Waals surface area contributed by atoms with Gasteiger partial charge in [0.1, 0.15) is 0 Å². The second-order valence-corrected chi connectivity index (χ2v) is 14.9. The van der Waals surface area contributed by atoms with Gasteiger partial charge in [-0.1, -0.05) is 188 Å². The predicted molar refractivity (Wildman–Crippen MR) is 186 cm³/mol. The first kappa shape index (κ1) is 42.1. The van der Waals surface area contributed by atoms with Gasteiger partial charge in [0.25, 0.3) is 0 Å². The summed E-state index contributed by atoms with van der Waals surface area (Å²) in [7, 11) is -3.13. The molecule has 42 heavy (non-hydrogen) atoms. The smallest absolute Gasteiger partial charge is 0.351 e. The molecular weight excluding hydrogens is 536 g/mol. The van der Waals surface area contributed by atoms with Gasteiger partial charge in [0.15, 0.2) is 0 Å². The maximum atomic E-state index is 6.53. The summed E-state index contributed by atoms with van der Waals surface area (Å²) >= 11 is 0. The standard InChI is InChI=1S/C37H78O4Si/c1-5-9-13-17-21-25-29-33-37-41-42(38-34-30-26-22-18-14-10-6-2,39-35-31-27-23-19-15-11-7-3)40-36-32-28-24-20-16-12-8-4/h5-37H2,1-4H3. The van der Waals surface area contributed by atoms with E-state index < -0.39 is 9.05 Å². The fourth-order valence-electron chi connectivity index (χ4n) is 5.45. The number of rotatable bonds is 37. The lowest BCUT2D eigenvalue weighted by atomic mass is 10.1. The van der Waals surface area contributed by atoms with Crippen LogP contribution >= 0.6 is 0 Å². The highest BCUT2D eigenvalue weighted by atomic mass is 28.4. The van der Waals surface area contributed by atoms with Gasteiger partial charge in [-0.15, -0.1) is 0 Å². The molecule has 0 aromatic rings. The predicted octanol–water partition coefficient (Wildman–Crippen LogP) is 12.9. The summed E-state index contributed by atoms with van der Waals surface area (Å²) in [5.41, 5.74) is 0. The van der Waals surface area contributed by atoms with Crippen LogP contribution in [-0.2, 0) is 17.7 Å². The lowest BCUT2D eigenvalue weighted by molar-refractivity contribution is -0.0375. The summed E-state index contributed by atoms with van der Waals surface area (Å²) in [6, 6.07) is 0. The monoisotopic (exact) mass is 615 g/mol. The molecule has 0 aliphatic rings. The van der Waals surface area contributed by atoms with E-state index in [1.54, 1.807) is 0 Å². The van der Waals surface area contributed by atoms with Crippen molar-refractivity contribution in [2.24, 2.45) is 0 Å². The summed E-state index contributed by atoms with van der Waals surface area (Å²) < 4.78 is 26.1. The van der Waals surface area contributed by atoms with Crippen molar-refractivity contribution in [2.45, 2.75) is 214 Å². The highest BCUT2D eigenvalue weighted by Gasteiger charge is 2.45. The van der Waals surface area contributed by atoms with Gasteiger partial charge in [-0.3, -0.25) is 0 Å². The normalized spacial score (nSPS) is 12.0. The maximum Gasteiger partial charge on any atom is 0.679 e. The lowest BCUT2D eigenvalue weighted by Crippen LogP contribution is -2.50. The van der Waals surface area contributed by atoms with E-state index in [2.05, 4.69) is 27.7 Å². The Kier molecular flexibility index (Phi) is 35.6. The molecule has 0 aliphatic heterocycles. The average molecular weight is 615 g/mol. The molecule has 0 aromatic heterocycles. The van der Waals surface area contributed by atoms with E-state index in [0.29, 0.717) is 26.4 Å². The molecule has 0 atom stereocenters. The zero-order chi connectivity index (χ0) is 30.7. The first-order chi connectivity index (χ1) is 20.7. The SMILES string of the molecule is CCCCCCCCCCO[Si](OCCCCCCCCC)(OCCCCCCCCC)OCCCCCCCCC. The van der Waals surface area contributed by atoms with E-state index >= 15 is 0 Å². The molecule has 0 amide bonds. The van der Waals surface area contributed by atoms with Crippen LogP contribution in [0.1, 0.15) is 214 Å². The first-order valence-corrected chi connectivity index (χ1v) is 20.9. The molecule has 0 fully saturated rings. The Morgan fingerprint density at radius 1 is 0.238 bits per heavy atom. The van der Waals surface area contributed by atoms with Crippen LogP contribution in [0.25, 0.3) is 0 Å². The van der Waals surface area contributed by atoms with Crippen molar-refractivity contribution in [1.29, 1.82) is 0 Å². The van der Waals surface area contributed by atoms with Crippen molar-refractivity contribution in [3.8, 4) is 0 Å². The summed E-state index contributed by atoms with van der Waals surface area (Å²) in [4.78, 5) is 0. The number of hydrogen-bond acceptors (Lipinski definition) is 4. The number of unbranched alkanes of at least 4 members (excludes halogenated alkanes) is 25. The second-order valence-electron chi connectivity index (χ2n) is 12.7. The third-order valence-corrected chi connectivity index (χ3v) is 10.6. The molecule has 0 unspecified atom stereocenters. The molecular formula is C37H78O4Si. The largest absolute Gasteiger partial charge is 0.679 e. The van der Waals surface area contributed by atoms with Crippen LogP contribution in [0.4, 0.5) is 0 Å². The Labute approximate surface area is 266 Å². The molecule has 0 bridgehead atoms. The molecule has 0 radical (unpaired) electrons. The van der Waals surface area contributed by atoms with Crippen LogP contribution in [0, 0.1) is 0 Å². The molecule has 0 saturated heterocycles. The number of hydrogen-bond donors (Lipinski definition) is 0. The molecule has 4 nitrogen and oxygen atoms in total. The second kappa shape index (κ2) is 35.5. The fraction of sp³-hybridized carbons (Fsp3) is 1.00.